The van der Waals surface area contributed by atoms with Crippen molar-refractivity contribution in [1.82, 2.24) is 5.32 Å². The highest BCUT2D eigenvalue weighted by Crippen LogP contribution is 2.14. The fraction of sp³-hybridized carbons (Fsp3) is 0.917. The summed E-state index contributed by atoms with van der Waals surface area (Å²) in [5, 5.41) is 13.0. The normalized spacial score (nSPS) is 17.7. The van der Waals surface area contributed by atoms with E-state index in [-0.39, 0.29) is 24.0 Å². The van der Waals surface area contributed by atoms with Crippen LogP contribution in [0.4, 0.5) is 0 Å². The summed E-state index contributed by atoms with van der Waals surface area (Å²) in [7, 11) is 1.38. The van der Waals surface area contributed by atoms with E-state index < -0.39 is 5.60 Å². The Morgan fingerprint density at radius 3 is 2.25 bits per heavy atom. The molecule has 4 nitrogen and oxygen atoms in total. The molecule has 0 radical (unpaired) electrons. The summed E-state index contributed by atoms with van der Waals surface area (Å²) in [5.74, 6) is -0.0947. The molecule has 0 aromatic rings. The maximum atomic E-state index is 11.6. The minimum Gasteiger partial charge on any atom is -0.468 e. The van der Waals surface area contributed by atoms with Crippen LogP contribution in [0.3, 0.4) is 0 Å². The van der Waals surface area contributed by atoms with Crippen molar-refractivity contribution in [2.75, 3.05) is 7.11 Å². The van der Waals surface area contributed by atoms with Gasteiger partial charge in [0.15, 0.2) is 0 Å². The molecule has 0 saturated carbocycles. The predicted octanol–water partition coefficient (Wildman–Crippen LogP) is 1.32. The Hall–Kier alpha value is -0.610. The summed E-state index contributed by atoms with van der Waals surface area (Å²) in [4.78, 5) is 11.6. The van der Waals surface area contributed by atoms with Crippen molar-refractivity contribution in [3.05, 3.63) is 0 Å². The lowest BCUT2D eigenvalue weighted by Crippen LogP contribution is -2.53. The third kappa shape index (κ3) is 4.49. The first kappa shape index (κ1) is 15.4. The SMILES string of the molecule is CCC(C)C(NC(C)C(C)(C)O)C(=O)OC. The highest BCUT2D eigenvalue weighted by Gasteiger charge is 2.31. The molecule has 0 aliphatic rings. The Labute approximate surface area is 98.4 Å². The molecule has 0 saturated heterocycles. The van der Waals surface area contributed by atoms with Crippen LogP contribution in [0.15, 0.2) is 0 Å². The molecule has 96 valence electrons. The number of carbonyl (C=O) groups excluding carboxylic acids is 1. The Morgan fingerprint density at radius 1 is 1.44 bits per heavy atom. The summed E-state index contributed by atoms with van der Waals surface area (Å²) in [6.45, 7) is 9.31. The molecular formula is C12H25NO3. The van der Waals surface area contributed by atoms with Crippen LogP contribution in [0.5, 0.6) is 0 Å². The minimum absolute atomic E-state index is 0.175. The molecule has 16 heavy (non-hydrogen) atoms. The van der Waals surface area contributed by atoms with Crippen LogP contribution in [0.2, 0.25) is 0 Å². The van der Waals surface area contributed by atoms with E-state index in [1.807, 2.05) is 20.8 Å². The molecule has 0 aliphatic heterocycles. The zero-order valence-electron chi connectivity index (χ0n) is 11.2. The Morgan fingerprint density at radius 2 is 1.94 bits per heavy atom. The molecule has 0 fully saturated rings. The molecule has 3 atom stereocenters. The van der Waals surface area contributed by atoms with Gasteiger partial charge in [0.1, 0.15) is 6.04 Å². The van der Waals surface area contributed by atoms with Crippen molar-refractivity contribution < 1.29 is 14.6 Å². The zero-order valence-corrected chi connectivity index (χ0v) is 11.2. The standard InChI is InChI=1S/C12H25NO3/c1-7-8(2)10(11(14)16-6)13-9(3)12(4,5)15/h8-10,13,15H,7H2,1-6H3. The number of carbonyl (C=O) groups is 1. The van der Waals surface area contributed by atoms with Gasteiger partial charge in [0.05, 0.1) is 12.7 Å². The van der Waals surface area contributed by atoms with E-state index in [4.69, 9.17) is 4.74 Å². The van der Waals surface area contributed by atoms with Crippen molar-refractivity contribution in [3.8, 4) is 0 Å². The molecule has 0 rings (SSSR count). The van der Waals surface area contributed by atoms with E-state index in [1.165, 1.54) is 7.11 Å². The third-order valence-electron chi connectivity index (χ3n) is 3.16. The smallest absolute Gasteiger partial charge is 0.323 e. The van der Waals surface area contributed by atoms with E-state index in [0.29, 0.717) is 0 Å². The maximum absolute atomic E-state index is 11.6. The number of rotatable bonds is 6. The van der Waals surface area contributed by atoms with Gasteiger partial charge in [0.25, 0.3) is 0 Å². The van der Waals surface area contributed by atoms with Gasteiger partial charge in [-0.05, 0) is 26.7 Å². The molecule has 0 heterocycles. The lowest BCUT2D eigenvalue weighted by Gasteiger charge is -2.32. The van der Waals surface area contributed by atoms with Crippen LogP contribution in [-0.4, -0.2) is 35.9 Å². The molecule has 0 spiro atoms. The van der Waals surface area contributed by atoms with Gasteiger partial charge in [0.2, 0.25) is 0 Å². The molecule has 0 amide bonds. The molecule has 4 heteroatoms. The Balaban J connectivity index is 4.61. The number of methoxy groups -OCH3 is 1. The summed E-state index contributed by atoms with van der Waals surface area (Å²) < 4.78 is 4.77. The van der Waals surface area contributed by atoms with Gasteiger partial charge >= 0.3 is 5.97 Å². The molecule has 0 aromatic heterocycles. The van der Waals surface area contributed by atoms with Gasteiger partial charge in [-0.15, -0.1) is 0 Å². The van der Waals surface area contributed by atoms with Crippen molar-refractivity contribution in [3.63, 3.8) is 0 Å². The number of hydrogen-bond acceptors (Lipinski definition) is 4. The van der Waals surface area contributed by atoms with E-state index >= 15 is 0 Å². The van der Waals surface area contributed by atoms with E-state index in [2.05, 4.69) is 5.32 Å². The van der Waals surface area contributed by atoms with Gasteiger partial charge in [-0.3, -0.25) is 10.1 Å². The zero-order chi connectivity index (χ0) is 12.9. The van der Waals surface area contributed by atoms with Gasteiger partial charge in [-0.25, -0.2) is 0 Å². The highest BCUT2D eigenvalue weighted by atomic mass is 16.5. The minimum atomic E-state index is -0.861. The van der Waals surface area contributed by atoms with Gasteiger partial charge < -0.3 is 9.84 Å². The summed E-state index contributed by atoms with van der Waals surface area (Å²) in [6.07, 6.45) is 0.880. The number of nitrogens with one attached hydrogen (secondary N) is 1. The van der Waals surface area contributed by atoms with E-state index in [1.54, 1.807) is 13.8 Å². The number of esters is 1. The maximum Gasteiger partial charge on any atom is 0.323 e. The van der Waals surface area contributed by atoms with Crippen LogP contribution < -0.4 is 5.32 Å². The van der Waals surface area contributed by atoms with Gasteiger partial charge in [-0.1, -0.05) is 20.3 Å². The van der Waals surface area contributed by atoms with Gasteiger partial charge in [0, 0.05) is 6.04 Å². The largest absolute Gasteiger partial charge is 0.468 e. The molecule has 0 aromatic carbocycles. The quantitative estimate of drug-likeness (QED) is 0.677. The van der Waals surface area contributed by atoms with Crippen LogP contribution in [-0.2, 0) is 9.53 Å². The second kappa shape index (κ2) is 6.21. The van der Waals surface area contributed by atoms with Crippen LogP contribution >= 0.6 is 0 Å². The first-order valence-electron chi connectivity index (χ1n) is 5.80. The second-order valence-corrected chi connectivity index (χ2v) is 4.93. The van der Waals surface area contributed by atoms with Crippen molar-refractivity contribution in [1.29, 1.82) is 0 Å². The molecule has 0 bridgehead atoms. The van der Waals surface area contributed by atoms with Crippen LogP contribution in [0.1, 0.15) is 41.0 Å². The first-order chi connectivity index (χ1) is 7.23. The third-order valence-corrected chi connectivity index (χ3v) is 3.16. The molecular weight excluding hydrogens is 206 g/mol. The van der Waals surface area contributed by atoms with Crippen molar-refractivity contribution in [2.24, 2.45) is 5.92 Å². The lowest BCUT2D eigenvalue weighted by atomic mass is 9.94. The van der Waals surface area contributed by atoms with Gasteiger partial charge in [-0.2, -0.15) is 0 Å². The Bertz CT molecular complexity index is 223. The summed E-state index contributed by atoms with van der Waals surface area (Å²) in [6, 6.07) is -0.540. The second-order valence-electron chi connectivity index (χ2n) is 4.93. The molecule has 0 aliphatic carbocycles. The van der Waals surface area contributed by atoms with Crippen molar-refractivity contribution >= 4 is 5.97 Å². The average molecular weight is 231 g/mol. The summed E-state index contributed by atoms with van der Waals surface area (Å²) in [5.41, 5.74) is -0.861. The Kier molecular flexibility index (Phi) is 5.97. The van der Waals surface area contributed by atoms with E-state index in [9.17, 15) is 9.90 Å². The lowest BCUT2D eigenvalue weighted by molar-refractivity contribution is -0.145. The van der Waals surface area contributed by atoms with Crippen molar-refractivity contribution in [2.45, 2.75) is 58.7 Å². The summed E-state index contributed by atoms with van der Waals surface area (Å²) >= 11 is 0. The number of hydrogen-bond donors (Lipinski definition) is 2. The fourth-order valence-corrected chi connectivity index (χ4v) is 1.30. The fourth-order valence-electron chi connectivity index (χ4n) is 1.30. The first-order valence-corrected chi connectivity index (χ1v) is 5.80. The molecule has 3 unspecified atom stereocenters. The number of aliphatic hydroxyl groups is 1. The van der Waals surface area contributed by atoms with E-state index in [0.717, 1.165) is 6.42 Å². The number of ether oxygens (including phenoxy) is 1. The topological polar surface area (TPSA) is 58.6 Å². The van der Waals surface area contributed by atoms with Crippen LogP contribution in [0.25, 0.3) is 0 Å². The average Bonchev–Trinajstić information content (AvgIpc) is 2.21. The molecule has 2 N–H and O–H groups in total. The monoisotopic (exact) mass is 231 g/mol. The van der Waals surface area contributed by atoms with Crippen LogP contribution in [0, 0.1) is 5.92 Å². The predicted molar refractivity (Wildman–Crippen MR) is 64.2 cm³/mol. The highest BCUT2D eigenvalue weighted by molar-refractivity contribution is 5.76.